The minimum Gasteiger partial charge on any atom is -0.481 e. The van der Waals surface area contributed by atoms with E-state index < -0.39 is 5.97 Å². The van der Waals surface area contributed by atoms with Gasteiger partial charge in [0.05, 0.1) is 12.0 Å². The number of amides is 2. The monoisotopic (exact) mass is 332 g/mol. The van der Waals surface area contributed by atoms with Crippen LogP contribution in [-0.2, 0) is 4.79 Å². The van der Waals surface area contributed by atoms with Gasteiger partial charge in [-0.2, -0.15) is 0 Å². The molecule has 0 bridgehead atoms. The van der Waals surface area contributed by atoms with E-state index in [1.807, 2.05) is 12.1 Å². The number of piperidine rings is 1. The number of rotatable bonds is 5. The van der Waals surface area contributed by atoms with E-state index in [0.717, 1.165) is 12.0 Å². The Bertz CT molecular complexity index is 578. The molecular weight excluding hydrogens is 304 g/mol. The third-order valence-corrected chi connectivity index (χ3v) is 4.70. The van der Waals surface area contributed by atoms with Crippen molar-refractivity contribution >= 4 is 12.0 Å². The van der Waals surface area contributed by atoms with Gasteiger partial charge >= 0.3 is 12.0 Å². The molecule has 1 aromatic rings. The van der Waals surface area contributed by atoms with Crippen molar-refractivity contribution in [3.05, 3.63) is 35.4 Å². The SMILES string of the molecule is Cc1ccccc1C(CC(C)C)NC(=O)N1CCC(C(=O)O)CC1. The molecule has 0 spiro atoms. The molecule has 2 N–H and O–H groups in total. The summed E-state index contributed by atoms with van der Waals surface area (Å²) in [6.07, 6.45) is 1.94. The lowest BCUT2D eigenvalue weighted by atomic mass is 9.94. The Kier molecular flexibility index (Phi) is 6.23. The molecule has 5 nitrogen and oxygen atoms in total. The van der Waals surface area contributed by atoms with Crippen molar-refractivity contribution in [1.29, 1.82) is 0 Å². The summed E-state index contributed by atoms with van der Waals surface area (Å²) in [4.78, 5) is 25.4. The molecule has 1 aromatic carbocycles. The first kappa shape index (κ1) is 18.3. The van der Waals surface area contributed by atoms with Crippen LogP contribution in [0.15, 0.2) is 24.3 Å². The Morgan fingerprint density at radius 2 is 1.88 bits per heavy atom. The molecule has 0 aliphatic carbocycles. The normalized spacial score (nSPS) is 16.9. The summed E-state index contributed by atoms with van der Waals surface area (Å²) in [5, 5.41) is 12.2. The van der Waals surface area contributed by atoms with E-state index in [4.69, 9.17) is 5.11 Å². The van der Waals surface area contributed by atoms with Gasteiger partial charge in [-0.3, -0.25) is 4.79 Å². The van der Waals surface area contributed by atoms with Crippen LogP contribution in [0.4, 0.5) is 4.79 Å². The molecule has 1 heterocycles. The molecule has 24 heavy (non-hydrogen) atoms. The molecule has 2 amide bonds. The summed E-state index contributed by atoms with van der Waals surface area (Å²) in [5.41, 5.74) is 2.33. The highest BCUT2D eigenvalue weighted by atomic mass is 16.4. The lowest BCUT2D eigenvalue weighted by molar-refractivity contribution is -0.143. The molecule has 2 rings (SSSR count). The number of likely N-dealkylation sites (tertiary alicyclic amines) is 1. The van der Waals surface area contributed by atoms with Crippen molar-refractivity contribution in [2.45, 2.75) is 46.1 Å². The van der Waals surface area contributed by atoms with Gasteiger partial charge in [0.2, 0.25) is 0 Å². The Balaban J connectivity index is 2.03. The number of carboxylic acid groups (broad SMARTS) is 1. The van der Waals surface area contributed by atoms with Gasteiger partial charge in [-0.1, -0.05) is 38.1 Å². The number of aryl methyl sites for hydroxylation is 1. The van der Waals surface area contributed by atoms with Crippen LogP contribution in [0.25, 0.3) is 0 Å². The van der Waals surface area contributed by atoms with Gasteiger partial charge in [0.25, 0.3) is 0 Å². The van der Waals surface area contributed by atoms with Crippen LogP contribution in [0.1, 0.15) is 50.3 Å². The standard InChI is InChI=1S/C19H28N2O3/c1-13(2)12-17(16-7-5-4-6-14(16)3)20-19(24)21-10-8-15(9-11-21)18(22)23/h4-7,13,15,17H,8-12H2,1-3H3,(H,20,24)(H,22,23). The fraction of sp³-hybridized carbons (Fsp3) is 0.579. The van der Waals surface area contributed by atoms with E-state index in [1.165, 1.54) is 5.56 Å². The lowest BCUT2D eigenvalue weighted by Crippen LogP contribution is -2.46. The minimum absolute atomic E-state index is 0.0177. The van der Waals surface area contributed by atoms with Crippen molar-refractivity contribution in [2.75, 3.05) is 13.1 Å². The topological polar surface area (TPSA) is 69.6 Å². The van der Waals surface area contributed by atoms with Crippen LogP contribution < -0.4 is 5.32 Å². The highest BCUT2D eigenvalue weighted by Crippen LogP contribution is 2.25. The molecule has 1 atom stereocenters. The largest absolute Gasteiger partial charge is 0.481 e. The van der Waals surface area contributed by atoms with E-state index in [-0.39, 0.29) is 18.0 Å². The number of nitrogens with one attached hydrogen (secondary N) is 1. The molecule has 1 fully saturated rings. The first-order chi connectivity index (χ1) is 11.4. The average molecular weight is 332 g/mol. The Hall–Kier alpha value is -2.04. The number of urea groups is 1. The highest BCUT2D eigenvalue weighted by Gasteiger charge is 2.28. The number of carboxylic acids is 1. The summed E-state index contributed by atoms with van der Waals surface area (Å²) in [5.74, 6) is -0.614. The third kappa shape index (κ3) is 4.73. The van der Waals surface area contributed by atoms with Crippen molar-refractivity contribution in [1.82, 2.24) is 10.2 Å². The third-order valence-electron chi connectivity index (χ3n) is 4.70. The van der Waals surface area contributed by atoms with E-state index in [1.54, 1.807) is 4.90 Å². The summed E-state index contributed by atoms with van der Waals surface area (Å²) in [6, 6.07) is 8.03. The molecule has 132 valence electrons. The summed E-state index contributed by atoms with van der Waals surface area (Å²) in [6.45, 7) is 7.37. The van der Waals surface area contributed by atoms with Crippen molar-refractivity contribution < 1.29 is 14.7 Å². The highest BCUT2D eigenvalue weighted by molar-refractivity contribution is 5.76. The summed E-state index contributed by atoms with van der Waals surface area (Å²) >= 11 is 0. The minimum atomic E-state index is -0.757. The van der Waals surface area contributed by atoms with Gasteiger partial charge < -0.3 is 15.3 Å². The number of aliphatic carboxylic acids is 1. The number of carbonyl (C=O) groups is 2. The maximum Gasteiger partial charge on any atom is 0.317 e. The Morgan fingerprint density at radius 3 is 2.42 bits per heavy atom. The van der Waals surface area contributed by atoms with E-state index in [9.17, 15) is 9.59 Å². The number of nitrogens with zero attached hydrogens (tertiary/aromatic N) is 1. The van der Waals surface area contributed by atoms with Gasteiger partial charge in [-0.25, -0.2) is 4.79 Å². The van der Waals surface area contributed by atoms with Crippen LogP contribution in [0.2, 0.25) is 0 Å². The molecule has 1 aliphatic rings. The Labute approximate surface area is 144 Å². The smallest absolute Gasteiger partial charge is 0.317 e. The molecule has 1 saturated heterocycles. The predicted octanol–water partition coefficient (Wildman–Crippen LogP) is 3.59. The van der Waals surface area contributed by atoms with Gasteiger partial charge in [0, 0.05) is 13.1 Å². The summed E-state index contributed by atoms with van der Waals surface area (Å²) < 4.78 is 0. The van der Waals surface area contributed by atoms with Crippen LogP contribution >= 0.6 is 0 Å². The molecule has 1 unspecified atom stereocenters. The number of hydrogen-bond acceptors (Lipinski definition) is 2. The molecule has 1 aliphatic heterocycles. The second-order valence-electron chi connectivity index (χ2n) is 7.09. The summed E-state index contributed by atoms with van der Waals surface area (Å²) in [7, 11) is 0. The second-order valence-corrected chi connectivity index (χ2v) is 7.09. The number of benzene rings is 1. The first-order valence-electron chi connectivity index (χ1n) is 8.72. The van der Waals surface area contributed by atoms with E-state index in [0.29, 0.717) is 31.8 Å². The maximum absolute atomic E-state index is 12.6. The zero-order valence-electron chi connectivity index (χ0n) is 14.8. The van der Waals surface area contributed by atoms with Crippen molar-refractivity contribution in [3.8, 4) is 0 Å². The first-order valence-corrected chi connectivity index (χ1v) is 8.72. The molecule has 5 heteroatoms. The number of hydrogen-bond donors (Lipinski definition) is 2. The second kappa shape index (κ2) is 8.18. The fourth-order valence-corrected chi connectivity index (χ4v) is 3.28. The molecule has 0 radical (unpaired) electrons. The fourth-order valence-electron chi connectivity index (χ4n) is 3.28. The van der Waals surface area contributed by atoms with Gasteiger partial charge in [0.15, 0.2) is 0 Å². The van der Waals surface area contributed by atoms with Crippen LogP contribution in [0.5, 0.6) is 0 Å². The Morgan fingerprint density at radius 1 is 1.25 bits per heavy atom. The van der Waals surface area contributed by atoms with Crippen LogP contribution in [-0.4, -0.2) is 35.1 Å². The number of carbonyl (C=O) groups excluding carboxylic acids is 1. The van der Waals surface area contributed by atoms with Crippen LogP contribution in [0, 0.1) is 18.8 Å². The maximum atomic E-state index is 12.6. The van der Waals surface area contributed by atoms with Crippen molar-refractivity contribution in [3.63, 3.8) is 0 Å². The van der Waals surface area contributed by atoms with E-state index >= 15 is 0 Å². The molecule has 0 aromatic heterocycles. The molecular formula is C19H28N2O3. The van der Waals surface area contributed by atoms with Gasteiger partial charge in [0.1, 0.15) is 0 Å². The zero-order chi connectivity index (χ0) is 17.7. The lowest BCUT2D eigenvalue weighted by Gasteiger charge is -2.32. The van der Waals surface area contributed by atoms with Gasteiger partial charge in [-0.05, 0) is 43.2 Å². The van der Waals surface area contributed by atoms with Crippen LogP contribution in [0.3, 0.4) is 0 Å². The zero-order valence-corrected chi connectivity index (χ0v) is 14.8. The average Bonchev–Trinajstić information content (AvgIpc) is 2.54. The quantitative estimate of drug-likeness (QED) is 0.866. The molecule has 0 saturated carbocycles. The predicted molar refractivity (Wildman–Crippen MR) is 93.8 cm³/mol. The van der Waals surface area contributed by atoms with Gasteiger partial charge in [-0.15, -0.1) is 0 Å². The van der Waals surface area contributed by atoms with Crippen molar-refractivity contribution in [2.24, 2.45) is 11.8 Å². The van der Waals surface area contributed by atoms with E-state index in [2.05, 4.69) is 38.2 Å².